The van der Waals surface area contributed by atoms with Gasteiger partial charge in [0.1, 0.15) is 0 Å². The number of hydrogen-bond acceptors (Lipinski definition) is 2. The summed E-state index contributed by atoms with van der Waals surface area (Å²) >= 11 is 0. The summed E-state index contributed by atoms with van der Waals surface area (Å²) < 4.78 is 0. The molecule has 0 bridgehead atoms. The highest BCUT2D eigenvalue weighted by molar-refractivity contribution is 5.92. The van der Waals surface area contributed by atoms with Crippen LogP contribution in [0.3, 0.4) is 0 Å². The molecule has 3 saturated carbocycles. The lowest BCUT2D eigenvalue weighted by Gasteiger charge is -2.61. The fraction of sp³-hybridized carbons (Fsp3) is 0.839. The van der Waals surface area contributed by atoms with Gasteiger partial charge in [0.25, 0.3) is 0 Å². The molecule has 0 amide bonds. The first-order valence-electron chi connectivity index (χ1n) is 14.5. The molecular weight excluding hydrogens is 404 g/mol. The Balaban J connectivity index is 1.63. The predicted molar refractivity (Wildman–Crippen MR) is 138 cm³/mol. The van der Waals surface area contributed by atoms with Crippen LogP contribution in [0.2, 0.25) is 0 Å². The number of hydrogen-bond donors (Lipinski definition) is 1. The molecule has 0 unspecified atom stereocenters. The highest BCUT2D eigenvalue weighted by Gasteiger charge is 2.62. The Bertz CT molecular complexity index is 765. The van der Waals surface area contributed by atoms with Gasteiger partial charge in [-0.1, -0.05) is 53.2 Å². The highest BCUT2D eigenvalue weighted by Crippen LogP contribution is 2.69. The second-order valence-corrected chi connectivity index (χ2v) is 12.2. The van der Waals surface area contributed by atoms with Gasteiger partial charge in [0.05, 0.1) is 6.10 Å². The van der Waals surface area contributed by atoms with Crippen molar-refractivity contribution in [2.45, 2.75) is 118 Å². The van der Waals surface area contributed by atoms with Gasteiger partial charge in [-0.3, -0.25) is 4.79 Å². The molecule has 0 saturated heterocycles. The molecule has 0 aromatic carbocycles. The number of aliphatic hydroxyl groups is 1. The zero-order chi connectivity index (χ0) is 23.8. The summed E-state index contributed by atoms with van der Waals surface area (Å²) in [7, 11) is 0. The number of carbonyl (C=O) groups excluding carboxylic acids is 1. The van der Waals surface area contributed by atoms with Crippen LogP contribution in [0.4, 0.5) is 0 Å². The summed E-state index contributed by atoms with van der Waals surface area (Å²) in [5.41, 5.74) is 1.63. The van der Waals surface area contributed by atoms with Gasteiger partial charge in [0.15, 0.2) is 5.78 Å². The Morgan fingerprint density at radius 2 is 1.85 bits per heavy atom. The van der Waals surface area contributed by atoms with Crippen LogP contribution in [0.5, 0.6) is 0 Å². The van der Waals surface area contributed by atoms with Gasteiger partial charge < -0.3 is 5.11 Å². The molecule has 3 fully saturated rings. The van der Waals surface area contributed by atoms with E-state index in [9.17, 15) is 9.90 Å². The summed E-state index contributed by atoms with van der Waals surface area (Å²) in [6.45, 7) is 11.8. The maximum absolute atomic E-state index is 12.3. The van der Waals surface area contributed by atoms with Crippen LogP contribution < -0.4 is 0 Å². The summed E-state index contributed by atoms with van der Waals surface area (Å²) in [6, 6.07) is 0. The van der Waals surface area contributed by atoms with Crippen LogP contribution in [0, 0.1) is 46.3 Å². The minimum absolute atomic E-state index is 0.0773. The second kappa shape index (κ2) is 10.00. The molecule has 9 atom stereocenters. The Hall–Kier alpha value is -0.890. The summed E-state index contributed by atoms with van der Waals surface area (Å²) in [5, 5.41) is 11.3. The molecule has 1 N–H and O–H groups in total. The third kappa shape index (κ3) is 4.11. The van der Waals surface area contributed by atoms with Crippen molar-refractivity contribution in [2.24, 2.45) is 46.3 Å². The van der Waals surface area contributed by atoms with Crippen molar-refractivity contribution in [1.29, 1.82) is 0 Å². The van der Waals surface area contributed by atoms with Crippen molar-refractivity contribution in [3.8, 4) is 0 Å². The molecule has 4 rings (SSSR count). The number of rotatable bonds is 8. The molecule has 0 aromatic heterocycles. The summed E-state index contributed by atoms with van der Waals surface area (Å²) in [4.78, 5) is 12.3. The lowest BCUT2D eigenvalue weighted by molar-refractivity contribution is -0.121. The molecule has 2 heteroatoms. The Labute approximate surface area is 203 Å². The van der Waals surface area contributed by atoms with Crippen molar-refractivity contribution in [1.82, 2.24) is 0 Å². The van der Waals surface area contributed by atoms with E-state index in [0.29, 0.717) is 35.5 Å². The number of fused-ring (bicyclic) bond motifs is 5. The van der Waals surface area contributed by atoms with Gasteiger partial charge in [-0.2, -0.15) is 0 Å². The number of ketones is 1. The molecule has 4 aliphatic rings. The van der Waals surface area contributed by atoms with Crippen LogP contribution in [0.15, 0.2) is 23.8 Å². The number of allylic oxidation sites excluding steroid dienone is 2. The van der Waals surface area contributed by atoms with Crippen molar-refractivity contribution in [3.63, 3.8) is 0 Å². The van der Waals surface area contributed by atoms with E-state index in [-0.39, 0.29) is 11.2 Å². The number of aliphatic hydroxyl groups excluding tert-OH is 1. The minimum Gasteiger partial charge on any atom is -0.389 e. The molecule has 2 nitrogen and oxygen atoms in total. The van der Waals surface area contributed by atoms with Crippen molar-refractivity contribution < 1.29 is 9.90 Å². The summed E-state index contributed by atoms with van der Waals surface area (Å²) in [6.07, 6.45) is 20.7. The van der Waals surface area contributed by atoms with Gasteiger partial charge >= 0.3 is 0 Å². The van der Waals surface area contributed by atoms with E-state index in [1.54, 1.807) is 0 Å². The maximum atomic E-state index is 12.3. The van der Waals surface area contributed by atoms with Crippen LogP contribution in [0.25, 0.3) is 0 Å². The largest absolute Gasteiger partial charge is 0.389 e. The lowest BCUT2D eigenvalue weighted by atomic mass is 9.44. The third-order valence-electron chi connectivity index (χ3n) is 11.2. The average molecular weight is 455 g/mol. The molecule has 0 aromatic rings. The molecule has 0 radical (unpaired) electrons. The normalized spacial score (nSPS) is 42.4. The van der Waals surface area contributed by atoms with E-state index in [2.05, 4.69) is 46.8 Å². The van der Waals surface area contributed by atoms with Crippen molar-refractivity contribution in [2.75, 3.05) is 0 Å². The van der Waals surface area contributed by atoms with Gasteiger partial charge in [0.2, 0.25) is 0 Å². The zero-order valence-corrected chi connectivity index (χ0v) is 22.1. The molecule has 4 aliphatic carbocycles. The average Bonchev–Trinajstić information content (AvgIpc) is 3.20. The standard InChI is InChI=1S/C31H50O2/c1-6-10-21(5)11-12-22(7-2)25-13-14-26-24-20-29(33)28-19-23(32)15-17-31(28,9-4)27(24)16-18-30(25,26)8-3/h11-12,19,21-22,24-27,29,33H,6-10,13-18,20H2,1-5H3/b12-11+/t21-,22+,24+,25+,26+,27+,29-,30-,31-/m1/s1. The topological polar surface area (TPSA) is 37.3 Å². The van der Waals surface area contributed by atoms with Crippen LogP contribution in [0.1, 0.15) is 112 Å². The van der Waals surface area contributed by atoms with Gasteiger partial charge in [-0.25, -0.2) is 0 Å². The zero-order valence-electron chi connectivity index (χ0n) is 22.1. The molecule has 0 spiro atoms. The van der Waals surface area contributed by atoms with Crippen LogP contribution in [-0.4, -0.2) is 17.0 Å². The smallest absolute Gasteiger partial charge is 0.155 e. The summed E-state index contributed by atoms with van der Waals surface area (Å²) in [5.74, 6) is 4.45. The molecule has 33 heavy (non-hydrogen) atoms. The van der Waals surface area contributed by atoms with E-state index in [0.717, 1.165) is 36.7 Å². The van der Waals surface area contributed by atoms with E-state index >= 15 is 0 Å². The second-order valence-electron chi connectivity index (χ2n) is 12.2. The molecule has 0 heterocycles. The molecular formula is C31H50O2. The highest BCUT2D eigenvalue weighted by atomic mass is 16.3. The number of carbonyl (C=O) groups is 1. The van der Waals surface area contributed by atoms with E-state index in [1.807, 2.05) is 6.08 Å². The first-order chi connectivity index (χ1) is 15.9. The fourth-order valence-corrected chi connectivity index (χ4v) is 9.67. The van der Waals surface area contributed by atoms with Crippen molar-refractivity contribution in [3.05, 3.63) is 23.8 Å². The monoisotopic (exact) mass is 454 g/mol. The third-order valence-corrected chi connectivity index (χ3v) is 11.2. The first kappa shape index (κ1) is 25.2. The van der Waals surface area contributed by atoms with E-state index in [4.69, 9.17) is 0 Å². The Morgan fingerprint density at radius 3 is 2.52 bits per heavy atom. The fourth-order valence-electron chi connectivity index (χ4n) is 9.67. The van der Waals surface area contributed by atoms with Crippen LogP contribution >= 0.6 is 0 Å². The Kier molecular flexibility index (Phi) is 7.64. The van der Waals surface area contributed by atoms with E-state index < -0.39 is 6.10 Å². The van der Waals surface area contributed by atoms with E-state index in [1.165, 1.54) is 51.4 Å². The Morgan fingerprint density at radius 1 is 1.06 bits per heavy atom. The lowest BCUT2D eigenvalue weighted by Crippen LogP contribution is -2.55. The molecule has 0 aliphatic heterocycles. The molecule has 186 valence electrons. The first-order valence-corrected chi connectivity index (χ1v) is 14.5. The minimum atomic E-state index is -0.404. The maximum Gasteiger partial charge on any atom is 0.155 e. The quantitative estimate of drug-likeness (QED) is 0.378. The van der Waals surface area contributed by atoms with Crippen LogP contribution in [-0.2, 0) is 4.79 Å². The van der Waals surface area contributed by atoms with Gasteiger partial charge in [-0.05, 0) is 122 Å². The van der Waals surface area contributed by atoms with Crippen molar-refractivity contribution >= 4 is 5.78 Å². The van der Waals surface area contributed by atoms with Gasteiger partial charge in [0, 0.05) is 6.42 Å². The SMILES string of the molecule is CCC[C@@H](C)/C=C/[C@H](CC)[C@@H]1CC[C@H]2[C@@H]3C[C@@H](O)C4=CC(=O)CC[C@]4(CC)[C@H]3CC[C@@]21CC. The predicted octanol–water partition coefficient (Wildman–Crippen LogP) is 7.90. The van der Waals surface area contributed by atoms with Gasteiger partial charge in [-0.15, -0.1) is 0 Å².